The molecule has 174 valence electrons. The average Bonchev–Trinajstić information content (AvgIpc) is 2.80. The molecule has 0 aliphatic rings. The van der Waals surface area contributed by atoms with E-state index in [1.807, 2.05) is 6.92 Å². The lowest BCUT2D eigenvalue weighted by Gasteiger charge is -2.22. The molecule has 0 saturated heterocycles. The number of carbonyl (C=O) groups excluding carboxylic acids is 2. The van der Waals surface area contributed by atoms with E-state index < -0.39 is 23.9 Å². The second-order valence-electron chi connectivity index (χ2n) is 7.71. The smallest absolute Gasteiger partial charge is 0.275 e. The normalized spacial score (nSPS) is 11.1. The number of aromatic amines is 1. The molecule has 0 atom stereocenters. The minimum Gasteiger partial charge on any atom is -0.364 e. The minimum absolute atomic E-state index is 0.00930. The van der Waals surface area contributed by atoms with Crippen LogP contribution in [0.5, 0.6) is 0 Å². The molecule has 0 bridgehead atoms. The number of benzene rings is 2. The van der Waals surface area contributed by atoms with Crippen LogP contribution in [0, 0.1) is 0 Å². The van der Waals surface area contributed by atoms with Gasteiger partial charge in [0.2, 0.25) is 5.91 Å². The fraction of sp³-hybridized carbons (Fsp3) is 0.217. The number of H-pyrrole nitrogens is 1. The topological polar surface area (TPSA) is 144 Å². The van der Waals surface area contributed by atoms with Gasteiger partial charge in [0.05, 0.1) is 22.8 Å². The van der Waals surface area contributed by atoms with Crippen molar-refractivity contribution < 1.29 is 9.59 Å². The van der Waals surface area contributed by atoms with Crippen LogP contribution in [0.1, 0.15) is 29.7 Å². The summed E-state index contributed by atoms with van der Waals surface area (Å²) in [6.45, 7) is 1.84. The summed E-state index contributed by atoms with van der Waals surface area (Å²) in [6, 6.07) is 11.2. The number of amides is 2. The summed E-state index contributed by atoms with van der Waals surface area (Å²) in [6.07, 6.45) is 0.627. The molecule has 34 heavy (non-hydrogen) atoms. The number of rotatable bonds is 7. The maximum absolute atomic E-state index is 13.1. The third-order valence-electron chi connectivity index (χ3n) is 5.29. The lowest BCUT2D eigenvalue weighted by atomic mass is 10.1. The summed E-state index contributed by atoms with van der Waals surface area (Å²) in [7, 11) is 0. The van der Waals surface area contributed by atoms with Crippen molar-refractivity contribution in [3.8, 4) is 0 Å². The molecule has 0 aliphatic heterocycles. The van der Waals surface area contributed by atoms with Crippen molar-refractivity contribution in [3.63, 3.8) is 0 Å². The van der Waals surface area contributed by atoms with Gasteiger partial charge in [0, 0.05) is 17.0 Å². The number of halogens is 1. The van der Waals surface area contributed by atoms with Gasteiger partial charge >= 0.3 is 0 Å². The highest BCUT2D eigenvalue weighted by atomic mass is 35.5. The molecular formula is C23H21ClN6O4. The van der Waals surface area contributed by atoms with Crippen LogP contribution in [0.3, 0.4) is 0 Å². The highest BCUT2D eigenvalue weighted by Gasteiger charge is 2.20. The van der Waals surface area contributed by atoms with E-state index in [2.05, 4.69) is 15.1 Å². The number of nitrogens with one attached hydrogen (secondary N) is 1. The molecule has 0 unspecified atom stereocenters. The average molecular weight is 481 g/mol. The van der Waals surface area contributed by atoms with Gasteiger partial charge in [-0.15, -0.1) is 0 Å². The molecule has 0 aliphatic carbocycles. The molecule has 2 aromatic carbocycles. The van der Waals surface area contributed by atoms with Crippen LogP contribution in [0.15, 0.2) is 52.1 Å². The van der Waals surface area contributed by atoms with Crippen LogP contribution < -0.4 is 16.9 Å². The Kier molecular flexibility index (Phi) is 6.42. The lowest BCUT2D eigenvalue weighted by Crippen LogP contribution is -2.39. The van der Waals surface area contributed by atoms with E-state index in [0.717, 1.165) is 4.68 Å². The fourth-order valence-corrected chi connectivity index (χ4v) is 3.90. The van der Waals surface area contributed by atoms with Crippen LogP contribution in [0.2, 0.25) is 5.02 Å². The van der Waals surface area contributed by atoms with Gasteiger partial charge < -0.3 is 15.6 Å². The van der Waals surface area contributed by atoms with Crippen LogP contribution in [-0.2, 0) is 17.9 Å². The van der Waals surface area contributed by atoms with Gasteiger partial charge in [-0.1, -0.05) is 36.7 Å². The summed E-state index contributed by atoms with van der Waals surface area (Å²) in [5, 5.41) is 5.42. The number of hydrogen-bond acceptors (Lipinski definition) is 6. The Bertz CT molecular complexity index is 1540. The van der Waals surface area contributed by atoms with Crippen molar-refractivity contribution in [3.05, 3.63) is 79.7 Å². The van der Waals surface area contributed by atoms with E-state index in [0.29, 0.717) is 34.3 Å². The van der Waals surface area contributed by atoms with Gasteiger partial charge in [-0.3, -0.25) is 19.2 Å². The summed E-state index contributed by atoms with van der Waals surface area (Å²) in [5.74, 6) is -0.964. The van der Waals surface area contributed by atoms with E-state index in [9.17, 15) is 19.2 Å². The molecular weight excluding hydrogens is 460 g/mol. The third-order valence-corrected chi connectivity index (χ3v) is 5.53. The molecule has 2 heterocycles. The van der Waals surface area contributed by atoms with Crippen LogP contribution in [0.4, 0.5) is 0 Å². The summed E-state index contributed by atoms with van der Waals surface area (Å²) in [4.78, 5) is 59.0. The molecule has 3 N–H and O–H groups in total. The van der Waals surface area contributed by atoms with Crippen molar-refractivity contribution >= 4 is 45.1 Å². The van der Waals surface area contributed by atoms with Gasteiger partial charge in [0.25, 0.3) is 17.0 Å². The van der Waals surface area contributed by atoms with Gasteiger partial charge in [-0.25, -0.2) is 9.67 Å². The summed E-state index contributed by atoms with van der Waals surface area (Å²) >= 11 is 6.02. The van der Waals surface area contributed by atoms with E-state index in [-0.39, 0.29) is 29.0 Å². The SMILES string of the molecule is CCCN(Cc1nc2cc(Cl)ccc2c(=O)[nH]1)C(=O)Cn1nc(C(N)=O)c2ccccc2c1=O. The second-order valence-corrected chi connectivity index (χ2v) is 8.15. The van der Waals surface area contributed by atoms with Crippen molar-refractivity contribution in [2.45, 2.75) is 26.4 Å². The Morgan fingerprint density at radius 2 is 1.85 bits per heavy atom. The van der Waals surface area contributed by atoms with Crippen molar-refractivity contribution in [2.75, 3.05) is 6.54 Å². The zero-order valence-electron chi connectivity index (χ0n) is 18.2. The predicted molar refractivity (Wildman–Crippen MR) is 128 cm³/mol. The number of hydrogen-bond donors (Lipinski definition) is 2. The lowest BCUT2D eigenvalue weighted by molar-refractivity contribution is -0.132. The molecule has 2 aromatic heterocycles. The number of carbonyl (C=O) groups is 2. The Hall–Kier alpha value is -4.05. The number of fused-ring (bicyclic) bond motifs is 2. The molecule has 10 nitrogen and oxygen atoms in total. The van der Waals surface area contributed by atoms with Crippen LogP contribution in [0.25, 0.3) is 21.7 Å². The summed E-state index contributed by atoms with van der Waals surface area (Å²) in [5.41, 5.74) is 4.90. The largest absolute Gasteiger partial charge is 0.364 e. The summed E-state index contributed by atoms with van der Waals surface area (Å²) < 4.78 is 0.934. The Morgan fingerprint density at radius 1 is 1.12 bits per heavy atom. The molecule has 11 heteroatoms. The maximum atomic E-state index is 13.1. The first-order chi connectivity index (χ1) is 16.3. The van der Waals surface area contributed by atoms with E-state index in [1.54, 1.807) is 42.5 Å². The molecule has 0 saturated carbocycles. The minimum atomic E-state index is -0.806. The first-order valence-electron chi connectivity index (χ1n) is 10.5. The number of aromatic nitrogens is 4. The first kappa shape index (κ1) is 23.1. The number of nitrogens with two attached hydrogens (primary N) is 1. The van der Waals surface area contributed by atoms with Gasteiger partial charge in [0.15, 0.2) is 5.69 Å². The highest BCUT2D eigenvalue weighted by Crippen LogP contribution is 2.16. The molecule has 4 aromatic rings. The van der Waals surface area contributed by atoms with Crippen LogP contribution in [-0.4, -0.2) is 43.0 Å². The monoisotopic (exact) mass is 480 g/mol. The number of primary amides is 1. The van der Waals surface area contributed by atoms with Gasteiger partial charge in [-0.05, 0) is 30.7 Å². The Labute approximate surface area is 198 Å². The zero-order chi connectivity index (χ0) is 24.4. The standard InChI is InChI=1S/C23H21ClN6O4/c1-2-9-29(11-18-26-17-10-13(24)7-8-16(17)22(33)27-18)19(31)12-30-23(34)15-6-4-3-5-14(15)20(28-30)21(25)32/h3-8,10H,2,9,11-12H2,1H3,(H2,25,32)(H,26,27,33). The first-order valence-corrected chi connectivity index (χ1v) is 10.9. The molecule has 0 fully saturated rings. The van der Waals surface area contributed by atoms with E-state index >= 15 is 0 Å². The molecule has 0 spiro atoms. The highest BCUT2D eigenvalue weighted by molar-refractivity contribution is 6.31. The number of nitrogens with zero attached hydrogens (tertiary/aromatic N) is 4. The van der Waals surface area contributed by atoms with E-state index in [1.165, 1.54) is 4.90 Å². The Morgan fingerprint density at radius 3 is 2.56 bits per heavy atom. The molecule has 2 amide bonds. The molecule has 0 radical (unpaired) electrons. The maximum Gasteiger partial charge on any atom is 0.275 e. The quantitative estimate of drug-likeness (QED) is 0.413. The van der Waals surface area contributed by atoms with E-state index in [4.69, 9.17) is 17.3 Å². The third kappa shape index (κ3) is 4.53. The van der Waals surface area contributed by atoms with Gasteiger partial charge in [0.1, 0.15) is 12.4 Å². The second kappa shape index (κ2) is 9.44. The van der Waals surface area contributed by atoms with Crippen molar-refractivity contribution in [1.29, 1.82) is 0 Å². The Balaban J connectivity index is 1.67. The predicted octanol–water partition coefficient (Wildman–Crippen LogP) is 1.82. The van der Waals surface area contributed by atoms with Gasteiger partial charge in [-0.2, -0.15) is 5.10 Å². The molecule has 4 rings (SSSR count). The van der Waals surface area contributed by atoms with Crippen molar-refractivity contribution in [2.24, 2.45) is 5.73 Å². The van der Waals surface area contributed by atoms with Crippen LogP contribution >= 0.6 is 11.6 Å². The fourth-order valence-electron chi connectivity index (χ4n) is 3.73. The zero-order valence-corrected chi connectivity index (χ0v) is 19.0. The van der Waals surface area contributed by atoms with Crippen molar-refractivity contribution in [1.82, 2.24) is 24.6 Å².